The van der Waals surface area contributed by atoms with Crippen LogP contribution in [0.15, 0.2) is 96.2 Å². The highest BCUT2D eigenvalue weighted by molar-refractivity contribution is 7.07. The van der Waals surface area contributed by atoms with Gasteiger partial charge in [-0.2, -0.15) is 0 Å². The Labute approximate surface area is 167 Å². The molecule has 0 atom stereocenters. The highest BCUT2D eigenvalue weighted by Gasteiger charge is 2.44. The van der Waals surface area contributed by atoms with Crippen LogP contribution >= 0.6 is 0 Å². The molecule has 3 aromatic carbocycles. The predicted octanol–water partition coefficient (Wildman–Crippen LogP) is 3.42. The van der Waals surface area contributed by atoms with E-state index in [4.69, 9.17) is 4.53 Å². The van der Waals surface area contributed by atoms with Gasteiger partial charge in [0, 0.05) is 6.42 Å². The molecule has 0 radical (unpaired) electrons. The molecular weight excluding hydrogens is 362 g/mol. The van der Waals surface area contributed by atoms with E-state index in [2.05, 4.69) is 41.6 Å². The summed E-state index contributed by atoms with van der Waals surface area (Å²) in [7, 11) is -2.82. The van der Waals surface area contributed by atoms with E-state index < -0.39 is 8.32 Å². The van der Waals surface area contributed by atoms with Gasteiger partial charge in [0.05, 0.1) is 5.71 Å². The SMILES string of the molecule is CC(=O)CC/C(C)=N/O[Si](c1ccccc1)(c1ccccc1)c1ccccc1. The Bertz CT molecular complexity index is 828. The van der Waals surface area contributed by atoms with E-state index in [0.29, 0.717) is 12.8 Å². The van der Waals surface area contributed by atoms with Gasteiger partial charge in [-0.3, -0.25) is 0 Å². The molecule has 0 spiro atoms. The van der Waals surface area contributed by atoms with Crippen molar-refractivity contribution < 1.29 is 9.32 Å². The maximum absolute atomic E-state index is 11.3. The smallest absolute Gasteiger partial charge is 0.380 e. The Morgan fingerprint density at radius 1 is 0.714 bits per heavy atom. The van der Waals surface area contributed by atoms with Crippen LogP contribution in [0.2, 0.25) is 0 Å². The maximum Gasteiger partial charge on any atom is 0.380 e. The Morgan fingerprint density at radius 2 is 1.11 bits per heavy atom. The van der Waals surface area contributed by atoms with Crippen LogP contribution in [0, 0.1) is 0 Å². The third kappa shape index (κ3) is 4.46. The molecule has 28 heavy (non-hydrogen) atoms. The Balaban J connectivity index is 2.14. The van der Waals surface area contributed by atoms with E-state index in [0.717, 1.165) is 21.3 Å². The Kier molecular flexibility index (Phi) is 6.56. The number of ketones is 1. The van der Waals surface area contributed by atoms with Crippen molar-refractivity contribution >= 4 is 35.4 Å². The molecule has 4 heteroatoms. The standard InChI is InChI=1S/C24H25NO2Si/c1-20(18-19-21(2)26)25-27-28(22-12-6-3-7-13-22,23-14-8-4-9-15-23)24-16-10-5-11-17-24/h3-17H,18-19H2,1-2H3/b25-20+. The third-order valence-electron chi connectivity index (χ3n) is 4.72. The minimum Gasteiger partial charge on any atom is -0.438 e. The molecule has 3 rings (SSSR count). The molecule has 0 saturated carbocycles. The van der Waals surface area contributed by atoms with Crippen molar-refractivity contribution in [1.82, 2.24) is 0 Å². The van der Waals surface area contributed by atoms with Gasteiger partial charge in [-0.05, 0) is 35.8 Å². The van der Waals surface area contributed by atoms with Crippen LogP contribution in [0.5, 0.6) is 0 Å². The van der Waals surface area contributed by atoms with Crippen LogP contribution in [-0.2, 0) is 9.32 Å². The first kappa shape index (κ1) is 19.8. The molecule has 0 aromatic heterocycles. The van der Waals surface area contributed by atoms with Crippen molar-refractivity contribution in [1.29, 1.82) is 0 Å². The first-order valence-electron chi connectivity index (χ1n) is 9.50. The number of hydrogen-bond donors (Lipinski definition) is 0. The Morgan fingerprint density at radius 3 is 1.46 bits per heavy atom. The number of Topliss-reactive ketones (excluding diaryl/α,β-unsaturated/α-hetero) is 1. The fourth-order valence-electron chi connectivity index (χ4n) is 3.23. The minimum atomic E-state index is -2.82. The summed E-state index contributed by atoms with van der Waals surface area (Å²) < 4.78 is 6.50. The van der Waals surface area contributed by atoms with Gasteiger partial charge in [-0.15, -0.1) is 5.16 Å². The molecule has 0 saturated heterocycles. The van der Waals surface area contributed by atoms with E-state index in [1.807, 2.05) is 61.5 Å². The summed E-state index contributed by atoms with van der Waals surface area (Å²) in [6.45, 7) is 3.52. The monoisotopic (exact) mass is 387 g/mol. The van der Waals surface area contributed by atoms with Gasteiger partial charge in [-0.25, -0.2) is 0 Å². The summed E-state index contributed by atoms with van der Waals surface area (Å²) in [6.07, 6.45) is 1.09. The third-order valence-corrected chi connectivity index (χ3v) is 8.52. The molecule has 0 heterocycles. The molecule has 0 unspecified atom stereocenters. The minimum absolute atomic E-state index is 0.159. The van der Waals surface area contributed by atoms with Gasteiger partial charge in [0.15, 0.2) is 0 Å². The van der Waals surface area contributed by atoms with Crippen LogP contribution < -0.4 is 15.6 Å². The first-order chi connectivity index (χ1) is 13.6. The number of rotatable bonds is 8. The van der Waals surface area contributed by atoms with Crippen molar-refractivity contribution in [2.45, 2.75) is 26.7 Å². The normalized spacial score (nSPS) is 11.9. The molecular formula is C24H25NO2Si. The lowest BCUT2D eigenvalue weighted by Crippen LogP contribution is -2.68. The topological polar surface area (TPSA) is 38.7 Å². The fourth-order valence-corrected chi connectivity index (χ4v) is 6.82. The van der Waals surface area contributed by atoms with E-state index in [9.17, 15) is 4.79 Å². The van der Waals surface area contributed by atoms with Crippen molar-refractivity contribution in [3.05, 3.63) is 91.0 Å². The lowest BCUT2D eigenvalue weighted by atomic mass is 10.2. The summed E-state index contributed by atoms with van der Waals surface area (Å²) in [5.41, 5.74) is 0.829. The van der Waals surface area contributed by atoms with Crippen molar-refractivity contribution in [2.24, 2.45) is 5.16 Å². The van der Waals surface area contributed by atoms with Gasteiger partial charge < -0.3 is 9.32 Å². The second-order valence-electron chi connectivity index (χ2n) is 6.90. The summed E-state index contributed by atoms with van der Waals surface area (Å²) in [5, 5.41) is 7.93. The molecule has 0 aliphatic rings. The summed E-state index contributed by atoms with van der Waals surface area (Å²) in [5.74, 6) is 0.159. The van der Waals surface area contributed by atoms with E-state index in [1.165, 1.54) is 0 Å². The van der Waals surface area contributed by atoms with Gasteiger partial charge in [-0.1, -0.05) is 91.0 Å². The quantitative estimate of drug-likeness (QED) is 0.257. The van der Waals surface area contributed by atoms with Crippen molar-refractivity contribution in [2.75, 3.05) is 0 Å². The predicted molar refractivity (Wildman–Crippen MR) is 118 cm³/mol. The number of nitrogens with zero attached hydrogens (tertiary/aromatic N) is 1. The summed E-state index contributed by atoms with van der Waals surface area (Å²) >= 11 is 0. The van der Waals surface area contributed by atoms with E-state index in [-0.39, 0.29) is 5.78 Å². The van der Waals surface area contributed by atoms with E-state index >= 15 is 0 Å². The number of benzene rings is 3. The summed E-state index contributed by atoms with van der Waals surface area (Å²) in [6, 6.07) is 31.0. The van der Waals surface area contributed by atoms with Crippen LogP contribution in [0.1, 0.15) is 26.7 Å². The molecule has 0 aliphatic carbocycles. The van der Waals surface area contributed by atoms with Gasteiger partial charge in [0.25, 0.3) is 0 Å². The highest BCUT2D eigenvalue weighted by atomic mass is 28.4. The molecule has 0 N–H and O–H groups in total. The molecule has 0 bridgehead atoms. The average molecular weight is 388 g/mol. The van der Waals surface area contributed by atoms with Crippen LogP contribution in [-0.4, -0.2) is 19.8 Å². The van der Waals surface area contributed by atoms with Crippen molar-refractivity contribution in [3.63, 3.8) is 0 Å². The lowest BCUT2D eigenvalue weighted by Gasteiger charge is -2.30. The zero-order valence-corrected chi connectivity index (χ0v) is 17.3. The van der Waals surface area contributed by atoms with Gasteiger partial charge >= 0.3 is 8.32 Å². The number of oxime groups is 1. The first-order valence-corrected chi connectivity index (χ1v) is 11.4. The summed E-state index contributed by atoms with van der Waals surface area (Å²) in [4.78, 5) is 11.3. The maximum atomic E-state index is 11.3. The Hall–Kier alpha value is -2.98. The van der Waals surface area contributed by atoms with Crippen LogP contribution in [0.3, 0.4) is 0 Å². The number of hydrogen-bond acceptors (Lipinski definition) is 3. The van der Waals surface area contributed by atoms with Crippen LogP contribution in [0.4, 0.5) is 0 Å². The number of carbonyl (C=O) groups excluding carboxylic acids is 1. The zero-order valence-electron chi connectivity index (χ0n) is 16.3. The fraction of sp³-hybridized carbons (Fsp3) is 0.167. The van der Waals surface area contributed by atoms with Crippen molar-refractivity contribution in [3.8, 4) is 0 Å². The average Bonchev–Trinajstić information content (AvgIpc) is 2.75. The zero-order chi connectivity index (χ0) is 19.8. The molecule has 142 valence electrons. The second-order valence-corrected chi connectivity index (χ2v) is 10.2. The molecule has 3 nitrogen and oxygen atoms in total. The molecule has 0 amide bonds. The van der Waals surface area contributed by atoms with Gasteiger partial charge in [0.2, 0.25) is 0 Å². The number of carbonyl (C=O) groups is 1. The molecule has 0 fully saturated rings. The van der Waals surface area contributed by atoms with Gasteiger partial charge in [0.1, 0.15) is 5.78 Å². The van der Waals surface area contributed by atoms with Crippen LogP contribution in [0.25, 0.3) is 0 Å². The largest absolute Gasteiger partial charge is 0.438 e. The lowest BCUT2D eigenvalue weighted by molar-refractivity contribution is -0.116. The van der Waals surface area contributed by atoms with E-state index in [1.54, 1.807) is 6.92 Å². The second kappa shape index (κ2) is 9.29. The molecule has 3 aromatic rings. The molecule has 0 aliphatic heterocycles. The highest BCUT2D eigenvalue weighted by Crippen LogP contribution is 2.11.